The molecule has 3 aromatic carbocycles. The van der Waals surface area contributed by atoms with Crippen molar-refractivity contribution in [1.82, 2.24) is 28.6 Å². The molecule has 7 rings (SSSR count). The Morgan fingerprint density at radius 2 is 1.79 bits per heavy atom. The highest BCUT2D eigenvalue weighted by Crippen LogP contribution is 2.36. The molecule has 12 heteroatoms. The third-order valence-corrected chi connectivity index (χ3v) is 9.36. The van der Waals surface area contributed by atoms with E-state index in [1.165, 1.54) is 17.0 Å². The van der Waals surface area contributed by atoms with Crippen molar-refractivity contribution in [3.05, 3.63) is 140 Å². The molecule has 0 radical (unpaired) electrons. The maximum Gasteiger partial charge on any atom is 0.417 e. The lowest BCUT2D eigenvalue weighted by Gasteiger charge is -2.35. The lowest BCUT2D eigenvalue weighted by Crippen LogP contribution is -2.46. The predicted molar refractivity (Wildman–Crippen MR) is 174 cm³/mol. The van der Waals surface area contributed by atoms with Gasteiger partial charge in [-0.2, -0.15) is 18.3 Å². The summed E-state index contributed by atoms with van der Waals surface area (Å²) in [5, 5.41) is 4.73. The number of aromatic nitrogens is 5. The Kier molecular flexibility index (Phi) is 7.62. The monoisotopic (exact) mass is 700 g/mol. The second-order valence-corrected chi connectivity index (χ2v) is 12.6. The van der Waals surface area contributed by atoms with Crippen LogP contribution < -0.4 is 5.56 Å². The van der Waals surface area contributed by atoms with Crippen LogP contribution in [0.4, 0.5) is 13.2 Å². The Morgan fingerprint density at radius 1 is 1.04 bits per heavy atom. The third-order valence-electron chi connectivity index (χ3n) is 8.67. The number of benzene rings is 3. The topological polar surface area (TPSA) is 77.4 Å². The summed E-state index contributed by atoms with van der Waals surface area (Å²) in [7, 11) is 1.91. The molecule has 47 heavy (non-hydrogen) atoms. The molecule has 1 atom stereocenters. The van der Waals surface area contributed by atoms with Crippen LogP contribution in [0.15, 0.2) is 101 Å². The molecule has 0 spiro atoms. The molecule has 0 aliphatic carbocycles. The average molecular weight is 702 g/mol. The molecule has 4 heterocycles. The molecule has 238 valence electrons. The normalized spacial score (nSPS) is 14.9. The summed E-state index contributed by atoms with van der Waals surface area (Å²) in [6.45, 7) is 1.80. The molecule has 1 aliphatic heterocycles. The Balaban J connectivity index is 1.36. The highest BCUT2D eigenvalue weighted by atomic mass is 79.9. The molecule has 0 fully saturated rings. The zero-order valence-electron chi connectivity index (χ0n) is 25.4. The van der Waals surface area contributed by atoms with Gasteiger partial charge in [-0.05, 0) is 61.4 Å². The van der Waals surface area contributed by atoms with Gasteiger partial charge in [0.1, 0.15) is 11.5 Å². The zero-order valence-corrected chi connectivity index (χ0v) is 27.0. The number of hydrogen-bond donors (Lipinski definition) is 0. The van der Waals surface area contributed by atoms with E-state index in [9.17, 15) is 22.8 Å². The van der Waals surface area contributed by atoms with Gasteiger partial charge >= 0.3 is 6.18 Å². The first-order valence-corrected chi connectivity index (χ1v) is 15.7. The van der Waals surface area contributed by atoms with Gasteiger partial charge in [0.25, 0.3) is 11.5 Å². The number of carbonyl (C=O) groups is 1. The van der Waals surface area contributed by atoms with Gasteiger partial charge in [-0.1, -0.05) is 46.3 Å². The number of aryl methyl sites for hydroxylation is 1. The number of amides is 1. The first kappa shape index (κ1) is 30.7. The quantitative estimate of drug-likeness (QED) is 0.197. The van der Waals surface area contributed by atoms with Crippen LogP contribution >= 0.6 is 15.9 Å². The standard InChI is InChI=1S/C35H28BrF3N6O2/c1-21-16-27-30(20-43(21)33(46)24-10-13-29(36)28(18-24)35(37,38)39)45-32(25(19-41-45)17-22-6-4-3-5-7-22)44(34(27)47)26-11-8-23(9-12-26)31-40-14-15-42(31)2/h3-15,18-19,21H,16-17,20H2,1-2H3. The van der Waals surface area contributed by atoms with Gasteiger partial charge in [-0.25, -0.2) is 9.50 Å². The average Bonchev–Trinajstić information content (AvgIpc) is 3.67. The van der Waals surface area contributed by atoms with Crippen LogP contribution in [0.3, 0.4) is 0 Å². The molecule has 3 aromatic heterocycles. The summed E-state index contributed by atoms with van der Waals surface area (Å²) >= 11 is 2.95. The minimum Gasteiger partial charge on any atom is -0.334 e. The van der Waals surface area contributed by atoms with Crippen molar-refractivity contribution >= 4 is 27.5 Å². The minimum absolute atomic E-state index is 0.00385. The molecule has 0 saturated heterocycles. The summed E-state index contributed by atoms with van der Waals surface area (Å²) in [4.78, 5) is 34.1. The number of imidazole rings is 1. The maximum atomic E-state index is 14.5. The Morgan fingerprint density at radius 3 is 2.47 bits per heavy atom. The van der Waals surface area contributed by atoms with E-state index < -0.39 is 23.7 Å². The third kappa shape index (κ3) is 5.46. The predicted octanol–water partition coefficient (Wildman–Crippen LogP) is 6.84. The Hall–Kier alpha value is -4.97. The van der Waals surface area contributed by atoms with Gasteiger partial charge < -0.3 is 9.47 Å². The smallest absolute Gasteiger partial charge is 0.334 e. The largest absolute Gasteiger partial charge is 0.417 e. The molecule has 1 amide bonds. The molecule has 0 saturated carbocycles. The molecule has 8 nitrogen and oxygen atoms in total. The van der Waals surface area contributed by atoms with Gasteiger partial charge in [0.05, 0.1) is 29.7 Å². The Labute approximate surface area is 275 Å². The maximum absolute atomic E-state index is 14.5. The van der Waals surface area contributed by atoms with E-state index in [-0.39, 0.29) is 28.6 Å². The van der Waals surface area contributed by atoms with Gasteiger partial charge in [-0.15, -0.1) is 0 Å². The summed E-state index contributed by atoms with van der Waals surface area (Å²) in [6.07, 6.45) is 1.40. The fraction of sp³-hybridized carbons (Fsp3) is 0.200. The molecular weight excluding hydrogens is 673 g/mol. The van der Waals surface area contributed by atoms with Gasteiger partial charge in [0.15, 0.2) is 0 Å². The van der Waals surface area contributed by atoms with Crippen LogP contribution in [-0.2, 0) is 32.6 Å². The van der Waals surface area contributed by atoms with Crippen LogP contribution in [0.25, 0.3) is 22.7 Å². The van der Waals surface area contributed by atoms with E-state index in [2.05, 4.69) is 20.9 Å². The summed E-state index contributed by atoms with van der Waals surface area (Å²) in [5.74, 6) is 0.236. The second kappa shape index (κ2) is 11.7. The lowest BCUT2D eigenvalue weighted by atomic mass is 9.97. The molecule has 1 unspecified atom stereocenters. The van der Waals surface area contributed by atoms with E-state index in [0.717, 1.165) is 28.6 Å². The molecular formula is C35H28BrF3N6O2. The van der Waals surface area contributed by atoms with Crippen LogP contribution in [0.2, 0.25) is 0 Å². The van der Waals surface area contributed by atoms with Crippen molar-refractivity contribution in [3.63, 3.8) is 0 Å². The fourth-order valence-corrected chi connectivity index (χ4v) is 6.75. The number of rotatable bonds is 5. The minimum atomic E-state index is -4.63. The van der Waals surface area contributed by atoms with Crippen molar-refractivity contribution < 1.29 is 18.0 Å². The highest BCUT2D eigenvalue weighted by Gasteiger charge is 2.36. The first-order chi connectivity index (χ1) is 22.5. The van der Waals surface area contributed by atoms with Crippen LogP contribution in [0, 0.1) is 0 Å². The van der Waals surface area contributed by atoms with Gasteiger partial charge in [0.2, 0.25) is 0 Å². The number of hydrogen-bond acceptors (Lipinski definition) is 4. The number of alkyl halides is 3. The van der Waals surface area contributed by atoms with Crippen molar-refractivity contribution in [2.24, 2.45) is 7.05 Å². The second-order valence-electron chi connectivity index (χ2n) is 11.7. The molecule has 6 aromatic rings. The Bertz CT molecular complexity index is 2200. The summed E-state index contributed by atoms with van der Waals surface area (Å²) in [6, 6.07) is 20.4. The van der Waals surface area contributed by atoms with E-state index in [1.54, 1.807) is 28.4 Å². The van der Waals surface area contributed by atoms with Crippen LogP contribution in [0.1, 0.15) is 45.2 Å². The van der Waals surface area contributed by atoms with Crippen LogP contribution in [0.5, 0.6) is 0 Å². The van der Waals surface area contributed by atoms with E-state index >= 15 is 0 Å². The van der Waals surface area contributed by atoms with Gasteiger partial charge in [-0.3, -0.25) is 14.2 Å². The van der Waals surface area contributed by atoms with Crippen molar-refractivity contribution in [2.45, 2.75) is 38.5 Å². The SMILES string of the molecule is CC1Cc2c(n3ncc(Cc4ccccc4)c3n(-c3ccc(-c4nccn4C)cc3)c2=O)CN1C(=O)c1ccc(Br)c(C(F)(F)F)c1. The van der Waals surface area contributed by atoms with E-state index in [4.69, 9.17) is 5.10 Å². The van der Waals surface area contributed by atoms with E-state index in [1.807, 2.05) is 72.4 Å². The summed E-state index contributed by atoms with van der Waals surface area (Å²) in [5.41, 5.74) is 3.74. The number of carbonyl (C=O) groups excluding carboxylic acids is 1. The van der Waals surface area contributed by atoms with Gasteiger partial charge in [0, 0.05) is 58.6 Å². The van der Waals surface area contributed by atoms with Crippen molar-refractivity contribution in [3.8, 4) is 17.1 Å². The van der Waals surface area contributed by atoms with E-state index in [0.29, 0.717) is 29.0 Å². The number of halogens is 4. The number of nitrogens with zero attached hydrogens (tertiary/aromatic N) is 6. The molecule has 0 bridgehead atoms. The van der Waals surface area contributed by atoms with Crippen LogP contribution in [-0.4, -0.2) is 40.6 Å². The fourth-order valence-electron chi connectivity index (χ4n) is 6.28. The van der Waals surface area contributed by atoms with Crippen molar-refractivity contribution in [2.75, 3.05) is 0 Å². The first-order valence-electron chi connectivity index (χ1n) is 14.9. The molecule has 1 aliphatic rings. The number of fused-ring (bicyclic) bond motifs is 3. The van der Waals surface area contributed by atoms with Crippen molar-refractivity contribution in [1.29, 1.82) is 0 Å². The molecule has 0 N–H and O–H groups in total. The summed E-state index contributed by atoms with van der Waals surface area (Å²) < 4.78 is 46.1. The zero-order chi connectivity index (χ0) is 33.0. The highest BCUT2D eigenvalue weighted by molar-refractivity contribution is 9.10. The lowest BCUT2D eigenvalue weighted by molar-refractivity contribution is -0.138.